The van der Waals surface area contributed by atoms with E-state index in [1.165, 1.54) is 27.8 Å². The van der Waals surface area contributed by atoms with Gasteiger partial charge in [0.15, 0.2) is 0 Å². The minimum absolute atomic E-state index is 0.374. The Morgan fingerprint density at radius 3 is 2.48 bits per heavy atom. The fourth-order valence-corrected chi connectivity index (χ4v) is 4.92. The zero-order valence-corrected chi connectivity index (χ0v) is 17.8. The molecule has 29 heavy (non-hydrogen) atoms. The van der Waals surface area contributed by atoms with Gasteiger partial charge in [-0.2, -0.15) is 0 Å². The van der Waals surface area contributed by atoms with Crippen LogP contribution in [0, 0.1) is 19.8 Å². The summed E-state index contributed by atoms with van der Waals surface area (Å²) in [5.41, 5.74) is 7.88. The van der Waals surface area contributed by atoms with E-state index in [9.17, 15) is 5.11 Å². The van der Waals surface area contributed by atoms with Crippen molar-refractivity contribution in [1.29, 1.82) is 0 Å². The molecule has 0 heterocycles. The first-order chi connectivity index (χ1) is 14.0. The van der Waals surface area contributed by atoms with E-state index in [4.69, 9.17) is 4.74 Å². The summed E-state index contributed by atoms with van der Waals surface area (Å²) in [6.45, 7) is 6.57. The molecular formula is C27H30O2. The number of fused-ring (bicyclic) bond motifs is 1. The largest absolute Gasteiger partial charge is 0.508 e. The van der Waals surface area contributed by atoms with Gasteiger partial charge in [-0.1, -0.05) is 49.4 Å². The molecule has 3 aromatic carbocycles. The molecule has 3 aromatic rings. The van der Waals surface area contributed by atoms with Gasteiger partial charge in [0.1, 0.15) is 11.5 Å². The summed E-state index contributed by atoms with van der Waals surface area (Å²) in [7, 11) is 1.74. The third kappa shape index (κ3) is 3.76. The van der Waals surface area contributed by atoms with Crippen molar-refractivity contribution in [2.45, 2.75) is 45.4 Å². The van der Waals surface area contributed by atoms with Crippen molar-refractivity contribution in [3.8, 4) is 11.5 Å². The topological polar surface area (TPSA) is 29.5 Å². The summed E-state index contributed by atoms with van der Waals surface area (Å²) in [4.78, 5) is 0. The molecule has 3 atom stereocenters. The second-order valence-corrected chi connectivity index (χ2v) is 8.52. The average molecular weight is 387 g/mol. The predicted octanol–water partition coefficient (Wildman–Crippen LogP) is 6.32. The highest BCUT2D eigenvalue weighted by molar-refractivity contribution is 5.45. The molecule has 1 aliphatic rings. The van der Waals surface area contributed by atoms with Crippen LogP contribution in [0.5, 0.6) is 11.5 Å². The lowest BCUT2D eigenvalue weighted by Crippen LogP contribution is -2.28. The molecule has 0 radical (unpaired) electrons. The lowest BCUT2D eigenvalue weighted by atomic mass is 9.65. The summed E-state index contributed by atoms with van der Waals surface area (Å²) < 4.78 is 5.55. The van der Waals surface area contributed by atoms with Gasteiger partial charge in [-0.15, -0.1) is 0 Å². The number of methoxy groups -OCH3 is 1. The zero-order chi connectivity index (χ0) is 20.5. The third-order valence-electron chi connectivity index (χ3n) is 6.81. The third-order valence-corrected chi connectivity index (χ3v) is 6.81. The molecule has 0 amide bonds. The molecule has 3 unspecified atom stereocenters. The Bertz CT molecular complexity index is 1020. The quantitative estimate of drug-likeness (QED) is 0.568. The molecule has 1 aliphatic carbocycles. The average Bonchev–Trinajstić information content (AvgIpc) is 2.73. The highest BCUT2D eigenvalue weighted by Crippen LogP contribution is 2.47. The number of phenols is 1. The van der Waals surface area contributed by atoms with Crippen LogP contribution in [-0.2, 0) is 12.8 Å². The number of hydrogen-bond donors (Lipinski definition) is 1. The molecule has 4 rings (SSSR count). The van der Waals surface area contributed by atoms with Gasteiger partial charge in [-0.3, -0.25) is 0 Å². The summed E-state index contributed by atoms with van der Waals surface area (Å²) in [5, 5.41) is 9.99. The Kier molecular flexibility index (Phi) is 5.36. The molecule has 2 heteroatoms. The van der Waals surface area contributed by atoms with E-state index >= 15 is 0 Å². The minimum Gasteiger partial charge on any atom is -0.508 e. The SMILES string of the molecule is COc1ccc2c(c1)C(Cc1ccccc1C)C(C)C(c1ccc(O)c(C)c1)C2. The Morgan fingerprint density at radius 1 is 0.966 bits per heavy atom. The van der Waals surface area contributed by atoms with E-state index in [-0.39, 0.29) is 0 Å². The number of hydrogen-bond acceptors (Lipinski definition) is 2. The molecule has 0 aromatic heterocycles. The van der Waals surface area contributed by atoms with Crippen LogP contribution in [0.1, 0.15) is 52.1 Å². The highest BCUT2D eigenvalue weighted by Gasteiger charge is 2.35. The zero-order valence-electron chi connectivity index (χ0n) is 17.8. The van der Waals surface area contributed by atoms with Gasteiger partial charge in [0.2, 0.25) is 0 Å². The predicted molar refractivity (Wildman–Crippen MR) is 119 cm³/mol. The maximum atomic E-state index is 9.99. The van der Waals surface area contributed by atoms with Crippen LogP contribution >= 0.6 is 0 Å². The number of aromatic hydroxyl groups is 1. The molecule has 0 spiro atoms. The highest BCUT2D eigenvalue weighted by atomic mass is 16.5. The maximum Gasteiger partial charge on any atom is 0.119 e. The second-order valence-electron chi connectivity index (χ2n) is 8.52. The Balaban J connectivity index is 1.78. The molecule has 0 aliphatic heterocycles. The molecule has 2 nitrogen and oxygen atoms in total. The first kappa shape index (κ1) is 19.6. The van der Waals surface area contributed by atoms with Crippen LogP contribution in [-0.4, -0.2) is 12.2 Å². The summed E-state index contributed by atoms with van der Waals surface area (Å²) in [6.07, 6.45) is 2.05. The van der Waals surface area contributed by atoms with Crippen molar-refractivity contribution < 1.29 is 9.84 Å². The van der Waals surface area contributed by atoms with Crippen LogP contribution in [0.3, 0.4) is 0 Å². The fourth-order valence-electron chi connectivity index (χ4n) is 4.92. The van der Waals surface area contributed by atoms with Gasteiger partial charge >= 0.3 is 0 Å². The molecular weight excluding hydrogens is 356 g/mol. The van der Waals surface area contributed by atoms with Crippen molar-refractivity contribution in [3.05, 3.63) is 94.0 Å². The Morgan fingerprint density at radius 2 is 1.76 bits per heavy atom. The second kappa shape index (κ2) is 7.94. The van der Waals surface area contributed by atoms with Crippen molar-refractivity contribution in [2.24, 2.45) is 5.92 Å². The van der Waals surface area contributed by atoms with Crippen LogP contribution in [0.4, 0.5) is 0 Å². The Hall–Kier alpha value is -2.74. The molecule has 0 bridgehead atoms. The van der Waals surface area contributed by atoms with Gasteiger partial charge in [-0.05, 0) is 96.0 Å². The number of aryl methyl sites for hydroxylation is 2. The van der Waals surface area contributed by atoms with Crippen LogP contribution in [0.15, 0.2) is 60.7 Å². The maximum absolute atomic E-state index is 9.99. The van der Waals surface area contributed by atoms with Gasteiger partial charge < -0.3 is 9.84 Å². The first-order valence-electron chi connectivity index (χ1n) is 10.5. The van der Waals surface area contributed by atoms with Gasteiger partial charge in [-0.25, -0.2) is 0 Å². The van der Waals surface area contributed by atoms with Gasteiger partial charge in [0, 0.05) is 0 Å². The number of rotatable bonds is 4. The lowest BCUT2D eigenvalue weighted by molar-refractivity contribution is 0.345. The normalized spacial score (nSPS) is 20.9. The minimum atomic E-state index is 0.374. The Labute approximate surface area is 174 Å². The van der Waals surface area contributed by atoms with Gasteiger partial charge in [0.25, 0.3) is 0 Å². The van der Waals surface area contributed by atoms with Crippen LogP contribution in [0.25, 0.3) is 0 Å². The number of benzene rings is 3. The smallest absolute Gasteiger partial charge is 0.119 e. The van der Waals surface area contributed by atoms with E-state index in [1.807, 2.05) is 13.0 Å². The van der Waals surface area contributed by atoms with E-state index < -0.39 is 0 Å². The molecule has 0 saturated carbocycles. The standard InChI is InChI=1S/C27H30O2/c1-17-7-5-6-8-20(17)14-25-19(3)24(21-10-12-27(28)18(2)13-21)15-22-9-11-23(29-4)16-26(22)25/h5-13,16,19,24-25,28H,14-15H2,1-4H3. The van der Waals surface area contributed by atoms with E-state index in [0.717, 1.165) is 24.2 Å². The van der Waals surface area contributed by atoms with Crippen molar-refractivity contribution in [3.63, 3.8) is 0 Å². The number of phenolic OH excluding ortho intramolecular Hbond substituents is 1. The summed E-state index contributed by atoms with van der Waals surface area (Å²) in [5.74, 6) is 2.65. The molecule has 150 valence electrons. The van der Waals surface area contributed by atoms with Crippen LogP contribution in [0.2, 0.25) is 0 Å². The van der Waals surface area contributed by atoms with E-state index in [1.54, 1.807) is 7.11 Å². The molecule has 0 saturated heterocycles. The first-order valence-corrected chi connectivity index (χ1v) is 10.5. The molecule has 0 fully saturated rings. The monoisotopic (exact) mass is 386 g/mol. The van der Waals surface area contributed by atoms with E-state index in [2.05, 4.69) is 68.4 Å². The fraction of sp³-hybridized carbons (Fsp3) is 0.333. The van der Waals surface area contributed by atoms with E-state index in [0.29, 0.717) is 23.5 Å². The van der Waals surface area contributed by atoms with Crippen molar-refractivity contribution >= 4 is 0 Å². The van der Waals surface area contributed by atoms with Gasteiger partial charge in [0.05, 0.1) is 7.11 Å². The number of ether oxygens (including phenoxy) is 1. The van der Waals surface area contributed by atoms with Crippen molar-refractivity contribution in [2.75, 3.05) is 7.11 Å². The lowest BCUT2D eigenvalue weighted by Gasteiger charge is -2.39. The molecule has 1 N–H and O–H groups in total. The van der Waals surface area contributed by atoms with Crippen molar-refractivity contribution in [1.82, 2.24) is 0 Å². The summed E-state index contributed by atoms with van der Waals surface area (Å²) in [6, 6.07) is 21.4. The van der Waals surface area contributed by atoms with Crippen LogP contribution < -0.4 is 4.74 Å². The summed E-state index contributed by atoms with van der Waals surface area (Å²) >= 11 is 0.